The van der Waals surface area contributed by atoms with Gasteiger partial charge in [0.05, 0.1) is 0 Å². The number of carbonyl (C=O) groups is 1. The molecule has 0 aromatic carbocycles. The zero-order valence-electron chi connectivity index (χ0n) is 10.1. The second-order valence-corrected chi connectivity index (χ2v) is 5.03. The van der Waals surface area contributed by atoms with Crippen molar-refractivity contribution in [1.82, 2.24) is 4.90 Å². The number of methoxy groups -OCH3 is 1. The molecule has 0 aromatic heterocycles. The van der Waals surface area contributed by atoms with Crippen LogP contribution >= 0.6 is 0 Å². The molecule has 1 amide bonds. The SMILES string of the molecule is COCCC1CN(C(=O)OC(C)(C)C)C1. The molecule has 1 aliphatic heterocycles. The molecular formula is C11H21NO3. The molecule has 1 saturated heterocycles. The van der Waals surface area contributed by atoms with Gasteiger partial charge in [0.1, 0.15) is 5.60 Å². The van der Waals surface area contributed by atoms with Crippen molar-refractivity contribution in [3.05, 3.63) is 0 Å². The molecule has 88 valence electrons. The van der Waals surface area contributed by atoms with Crippen molar-refractivity contribution in [3.63, 3.8) is 0 Å². The quantitative estimate of drug-likeness (QED) is 0.721. The third kappa shape index (κ3) is 4.08. The molecule has 0 spiro atoms. The van der Waals surface area contributed by atoms with Crippen LogP contribution in [0.25, 0.3) is 0 Å². The van der Waals surface area contributed by atoms with Crippen LogP contribution in [0.15, 0.2) is 0 Å². The number of hydrogen-bond donors (Lipinski definition) is 0. The third-order valence-electron chi connectivity index (χ3n) is 2.34. The fourth-order valence-electron chi connectivity index (χ4n) is 1.51. The Morgan fingerprint density at radius 3 is 2.47 bits per heavy atom. The van der Waals surface area contributed by atoms with Gasteiger partial charge in [0.2, 0.25) is 0 Å². The van der Waals surface area contributed by atoms with Gasteiger partial charge in [-0.1, -0.05) is 0 Å². The summed E-state index contributed by atoms with van der Waals surface area (Å²) in [4.78, 5) is 13.3. The van der Waals surface area contributed by atoms with Gasteiger partial charge in [-0.3, -0.25) is 0 Å². The summed E-state index contributed by atoms with van der Waals surface area (Å²) in [5, 5.41) is 0. The Hall–Kier alpha value is -0.770. The molecule has 4 heteroatoms. The normalized spacial score (nSPS) is 17.5. The second-order valence-electron chi connectivity index (χ2n) is 5.03. The number of rotatable bonds is 3. The van der Waals surface area contributed by atoms with E-state index in [2.05, 4.69) is 0 Å². The lowest BCUT2D eigenvalue weighted by molar-refractivity contribution is -0.00544. The molecule has 15 heavy (non-hydrogen) atoms. The molecule has 4 nitrogen and oxygen atoms in total. The first kappa shape index (κ1) is 12.3. The number of hydrogen-bond acceptors (Lipinski definition) is 3. The lowest BCUT2D eigenvalue weighted by Gasteiger charge is -2.39. The highest BCUT2D eigenvalue weighted by Gasteiger charge is 2.33. The first-order valence-electron chi connectivity index (χ1n) is 5.39. The summed E-state index contributed by atoms with van der Waals surface area (Å²) >= 11 is 0. The number of carbonyl (C=O) groups excluding carboxylic acids is 1. The zero-order chi connectivity index (χ0) is 11.5. The summed E-state index contributed by atoms with van der Waals surface area (Å²) in [6.07, 6.45) is 0.826. The first-order chi connectivity index (χ1) is 6.92. The van der Waals surface area contributed by atoms with Crippen molar-refractivity contribution in [2.24, 2.45) is 5.92 Å². The molecule has 1 rings (SSSR count). The van der Waals surface area contributed by atoms with Gasteiger partial charge in [-0.2, -0.15) is 0 Å². The molecule has 1 aliphatic rings. The molecule has 0 saturated carbocycles. The number of ether oxygens (including phenoxy) is 2. The van der Waals surface area contributed by atoms with Crippen molar-refractivity contribution in [2.45, 2.75) is 32.8 Å². The number of amides is 1. The van der Waals surface area contributed by atoms with Crippen molar-refractivity contribution in [1.29, 1.82) is 0 Å². The highest BCUT2D eigenvalue weighted by Crippen LogP contribution is 2.21. The summed E-state index contributed by atoms with van der Waals surface area (Å²) in [6.45, 7) is 8.02. The maximum Gasteiger partial charge on any atom is 0.410 e. The molecule has 0 N–H and O–H groups in total. The summed E-state index contributed by atoms with van der Waals surface area (Å²) in [5.74, 6) is 0.581. The molecule has 1 fully saturated rings. The van der Waals surface area contributed by atoms with E-state index >= 15 is 0 Å². The smallest absolute Gasteiger partial charge is 0.410 e. The summed E-state index contributed by atoms with van der Waals surface area (Å²) in [6, 6.07) is 0. The van der Waals surface area contributed by atoms with Gasteiger partial charge in [0, 0.05) is 26.8 Å². The van der Waals surface area contributed by atoms with Crippen LogP contribution < -0.4 is 0 Å². The van der Waals surface area contributed by atoms with Crippen molar-refractivity contribution in [3.8, 4) is 0 Å². The van der Waals surface area contributed by atoms with Crippen LogP contribution in [0.4, 0.5) is 4.79 Å². The predicted octanol–water partition coefficient (Wildman–Crippen LogP) is 1.89. The first-order valence-corrected chi connectivity index (χ1v) is 5.39. The van der Waals surface area contributed by atoms with Crippen LogP contribution in [0, 0.1) is 5.92 Å². The molecule has 0 radical (unpaired) electrons. The van der Waals surface area contributed by atoms with Crippen LogP contribution in [0.2, 0.25) is 0 Å². The average molecular weight is 215 g/mol. The fourth-order valence-corrected chi connectivity index (χ4v) is 1.51. The molecule has 0 aliphatic carbocycles. The zero-order valence-corrected chi connectivity index (χ0v) is 10.1. The van der Waals surface area contributed by atoms with Crippen LogP contribution in [0.3, 0.4) is 0 Å². The van der Waals surface area contributed by atoms with Crippen molar-refractivity contribution in [2.75, 3.05) is 26.8 Å². The van der Waals surface area contributed by atoms with E-state index in [4.69, 9.17) is 9.47 Å². The standard InChI is InChI=1S/C11H21NO3/c1-11(2,3)15-10(13)12-7-9(8-12)5-6-14-4/h9H,5-8H2,1-4H3. The van der Waals surface area contributed by atoms with E-state index in [1.807, 2.05) is 20.8 Å². The minimum absolute atomic E-state index is 0.198. The lowest BCUT2D eigenvalue weighted by atomic mass is 9.97. The number of nitrogens with zero attached hydrogens (tertiary/aromatic N) is 1. The summed E-state index contributed by atoms with van der Waals surface area (Å²) in [7, 11) is 1.70. The largest absolute Gasteiger partial charge is 0.444 e. The maximum atomic E-state index is 11.5. The Labute approximate surface area is 91.5 Å². The van der Waals surface area contributed by atoms with E-state index in [1.165, 1.54) is 0 Å². The molecular weight excluding hydrogens is 194 g/mol. The Bertz CT molecular complexity index is 216. The van der Waals surface area contributed by atoms with E-state index < -0.39 is 5.60 Å². The highest BCUT2D eigenvalue weighted by molar-refractivity contribution is 5.69. The Morgan fingerprint density at radius 2 is 2.00 bits per heavy atom. The Kier molecular flexibility index (Phi) is 3.97. The average Bonchev–Trinajstić information content (AvgIpc) is 1.98. The van der Waals surface area contributed by atoms with Crippen LogP contribution in [-0.2, 0) is 9.47 Å². The topological polar surface area (TPSA) is 38.8 Å². The molecule has 0 unspecified atom stereocenters. The van der Waals surface area contributed by atoms with Gasteiger partial charge in [0.25, 0.3) is 0 Å². The van der Waals surface area contributed by atoms with Gasteiger partial charge in [-0.05, 0) is 33.1 Å². The monoisotopic (exact) mass is 215 g/mol. The van der Waals surface area contributed by atoms with Crippen molar-refractivity contribution >= 4 is 6.09 Å². The number of likely N-dealkylation sites (tertiary alicyclic amines) is 1. The molecule has 0 bridgehead atoms. The summed E-state index contributed by atoms with van der Waals surface area (Å²) in [5.41, 5.74) is -0.394. The third-order valence-corrected chi connectivity index (χ3v) is 2.34. The van der Waals surface area contributed by atoms with Gasteiger partial charge < -0.3 is 14.4 Å². The van der Waals surface area contributed by atoms with Crippen LogP contribution in [0.5, 0.6) is 0 Å². The maximum absolute atomic E-state index is 11.5. The molecule has 0 aromatic rings. The summed E-state index contributed by atoms with van der Waals surface area (Å²) < 4.78 is 10.2. The van der Waals surface area contributed by atoms with E-state index in [0.717, 1.165) is 26.1 Å². The van der Waals surface area contributed by atoms with E-state index in [1.54, 1.807) is 12.0 Å². The molecule has 1 heterocycles. The van der Waals surface area contributed by atoms with Gasteiger partial charge in [-0.15, -0.1) is 0 Å². The van der Waals surface area contributed by atoms with Crippen molar-refractivity contribution < 1.29 is 14.3 Å². The van der Waals surface area contributed by atoms with E-state index in [-0.39, 0.29) is 6.09 Å². The second kappa shape index (κ2) is 4.84. The van der Waals surface area contributed by atoms with Crippen LogP contribution in [-0.4, -0.2) is 43.4 Å². The van der Waals surface area contributed by atoms with Crippen LogP contribution in [0.1, 0.15) is 27.2 Å². The predicted molar refractivity (Wildman–Crippen MR) is 57.8 cm³/mol. The van der Waals surface area contributed by atoms with E-state index in [9.17, 15) is 4.79 Å². The minimum Gasteiger partial charge on any atom is -0.444 e. The van der Waals surface area contributed by atoms with Gasteiger partial charge in [0.15, 0.2) is 0 Å². The lowest BCUT2D eigenvalue weighted by Crippen LogP contribution is -2.51. The highest BCUT2D eigenvalue weighted by atomic mass is 16.6. The van der Waals surface area contributed by atoms with E-state index in [0.29, 0.717) is 5.92 Å². The van der Waals surface area contributed by atoms with Gasteiger partial charge in [-0.25, -0.2) is 4.79 Å². The Balaban J connectivity index is 2.18. The fraction of sp³-hybridized carbons (Fsp3) is 0.909. The minimum atomic E-state index is -0.394. The van der Waals surface area contributed by atoms with Gasteiger partial charge >= 0.3 is 6.09 Å². The molecule has 0 atom stereocenters. The Morgan fingerprint density at radius 1 is 1.40 bits per heavy atom.